The molecule has 9 amide bonds. The molecule has 18 N–H and O–H groups in total. The van der Waals surface area contributed by atoms with Gasteiger partial charge in [0.25, 0.3) is 0 Å². The molecule has 738 valence electrons. The molecule has 3 heterocycles. The average molecular weight is 1830 g/mol. The number of amides is 9. The number of ether oxygens (including phenoxy) is 15. The molecular formula is C84H153N9O34. The highest BCUT2D eigenvalue weighted by Crippen LogP contribution is 2.26. The van der Waals surface area contributed by atoms with Crippen molar-refractivity contribution < 1.29 is 165 Å². The zero-order valence-electron chi connectivity index (χ0n) is 75.2. The molecule has 3 saturated heterocycles. The molecule has 43 nitrogen and oxygen atoms in total. The number of aliphatic hydroxyl groups excluding tert-OH is 9. The third-order valence-electron chi connectivity index (χ3n) is 20.9. The van der Waals surface area contributed by atoms with Gasteiger partial charge in [0.15, 0.2) is 24.7 Å². The molecule has 18 atom stereocenters. The van der Waals surface area contributed by atoms with E-state index >= 15 is 0 Å². The number of hydrogen-bond acceptors (Lipinski definition) is 34. The number of carbonyl (C=O) groups excluding carboxylic acids is 10. The topological polar surface area (TPSA) is 599 Å². The molecule has 0 spiro atoms. The summed E-state index contributed by atoms with van der Waals surface area (Å²) in [4.78, 5) is 130. The van der Waals surface area contributed by atoms with Crippen LogP contribution in [0.3, 0.4) is 0 Å². The Labute approximate surface area is 745 Å². The Hall–Kier alpha value is -6.06. The molecule has 0 aliphatic carbocycles. The first-order valence-electron chi connectivity index (χ1n) is 45.2. The average Bonchev–Trinajstić information content (AvgIpc) is 0.817. The maximum absolute atomic E-state index is 14.7. The molecule has 0 aromatic rings. The van der Waals surface area contributed by atoms with Crippen molar-refractivity contribution in [1.82, 2.24) is 47.9 Å². The Morgan fingerprint density at radius 2 is 0.638 bits per heavy atom. The summed E-state index contributed by atoms with van der Waals surface area (Å²) >= 11 is 0. The van der Waals surface area contributed by atoms with E-state index in [0.717, 1.165) is 25.7 Å². The van der Waals surface area contributed by atoms with E-state index in [9.17, 15) is 93.9 Å². The lowest BCUT2D eigenvalue weighted by Crippen LogP contribution is -2.64. The minimum Gasteiger partial charge on any atom is -0.394 e. The van der Waals surface area contributed by atoms with Crippen molar-refractivity contribution >= 4 is 58.9 Å². The molecular weight excluding hydrogens is 1680 g/mol. The van der Waals surface area contributed by atoms with Gasteiger partial charge >= 0.3 is 0 Å². The molecule has 43 heteroatoms. The highest BCUT2D eigenvalue weighted by molar-refractivity contribution is 5.94. The van der Waals surface area contributed by atoms with E-state index in [1.807, 2.05) is 0 Å². The Balaban J connectivity index is 1.60. The minimum atomic E-state index is -1.48. The van der Waals surface area contributed by atoms with Crippen molar-refractivity contribution in [1.29, 1.82) is 0 Å². The van der Waals surface area contributed by atoms with E-state index in [4.69, 9.17) is 71.1 Å². The summed E-state index contributed by atoms with van der Waals surface area (Å²) in [7, 11) is 1.44. The zero-order valence-corrected chi connectivity index (χ0v) is 75.2. The largest absolute Gasteiger partial charge is 0.394 e. The molecule has 3 unspecified atom stereocenters. The number of ketones is 1. The number of aliphatic hydroxyl groups is 9. The number of unbranched alkanes of at least 4 members (excludes halogenated alkanes) is 15. The number of nitrogens with one attached hydrogen (secondary N) is 9. The van der Waals surface area contributed by atoms with Crippen LogP contribution < -0.4 is 47.9 Å². The number of hydrogen-bond donors (Lipinski definition) is 18. The standard InChI is InChI=1S/C84H153N9O34/c1-6-7-8-9-10-11-12-13-14-15-16-17-18-28-67(101)86-29-24-21-27-62(81(112)85-5)93-80(111)60(25-19-22-30-87-68(102)54-119-41-38-113-32-35-116-44-47-122-82-71(89-57(2)97)77(108)74(105)64(51-94)125-82)50-63(100)61(92-70(104)56-121-43-40-115-34-37-118-46-49-124-84-73(91-59(4)99)79(110)76(107)66(53-96)127-84)26-20-23-31-88-69(103)55-120-42-39-114-33-36-117-45-48-123-83-72(90-58(3)98)78(109)75(106)65(52-95)126-83/h60-62,64-66,71-79,82-84,94-96,105-110H,6-56H2,1-5H3,(H,85,112)(H,86,101)(H,87,102)(H,88,103)(H,89,97)(H,90,98)(H,91,99)(H,92,104)(H,93,111)/t60?,61?,62?,64-,65-,66-,71-,72-,73-,74+,75+,76+,77-,78-,79-,82-,83-,84-/m1/s1. The van der Waals surface area contributed by atoms with Crippen molar-refractivity contribution in [3.63, 3.8) is 0 Å². The Morgan fingerprint density at radius 1 is 0.331 bits per heavy atom. The lowest BCUT2D eigenvalue weighted by atomic mass is 9.90. The van der Waals surface area contributed by atoms with Crippen LogP contribution in [0.2, 0.25) is 0 Å². The number of carbonyl (C=O) groups is 10. The molecule has 127 heavy (non-hydrogen) atoms. The summed E-state index contributed by atoms with van der Waals surface area (Å²) in [6, 6.07) is -5.51. The van der Waals surface area contributed by atoms with Gasteiger partial charge in [-0.25, -0.2) is 0 Å². The SMILES string of the molecule is CCCCCCCCCCCCCCCC(=O)NCCCCC(NC(=O)C(CCCCNC(=O)COCCOCCOCCO[C@@H]1O[C@H](CO)[C@H](O)[C@H](O)[C@H]1NC(C)=O)CC(=O)C(CCCCNC(=O)COCCOCCOCCO[C@@H]1O[C@H](CO)[C@H](O)[C@H](O)[C@H]1NC(C)=O)NC(=O)COCCOCCOCCO[C@@H]1O[C@H](CO)[C@H](O)[C@H](O)[C@H]1NC(C)=O)C(=O)NC. The van der Waals surface area contributed by atoms with E-state index in [1.54, 1.807) is 0 Å². The fourth-order valence-corrected chi connectivity index (χ4v) is 14.0. The molecule has 0 aromatic heterocycles. The summed E-state index contributed by atoms with van der Waals surface area (Å²) in [5.41, 5.74) is 0. The van der Waals surface area contributed by atoms with Crippen molar-refractivity contribution in [2.45, 2.75) is 286 Å². The molecule has 3 fully saturated rings. The van der Waals surface area contributed by atoms with Crippen LogP contribution in [-0.4, -0.2) is 394 Å². The van der Waals surface area contributed by atoms with Gasteiger partial charge in [0.2, 0.25) is 53.2 Å². The maximum atomic E-state index is 14.7. The van der Waals surface area contributed by atoms with Crippen molar-refractivity contribution in [3.8, 4) is 0 Å². The lowest BCUT2D eigenvalue weighted by Gasteiger charge is -2.42. The van der Waals surface area contributed by atoms with Gasteiger partial charge in [0.1, 0.15) is 98.9 Å². The van der Waals surface area contributed by atoms with Crippen LogP contribution in [-0.2, 0) is 119 Å². The van der Waals surface area contributed by atoms with Gasteiger partial charge in [-0.2, -0.15) is 0 Å². The molecule has 0 bridgehead atoms. The summed E-state index contributed by atoms with van der Waals surface area (Å²) in [5.74, 6) is -5.72. The highest BCUT2D eigenvalue weighted by atomic mass is 16.7. The van der Waals surface area contributed by atoms with Gasteiger partial charge in [0, 0.05) is 66.2 Å². The van der Waals surface area contributed by atoms with Gasteiger partial charge in [-0.1, -0.05) is 90.4 Å². The predicted molar refractivity (Wildman–Crippen MR) is 453 cm³/mol. The summed E-state index contributed by atoms with van der Waals surface area (Å²) in [6.45, 7) is 4.87. The second-order valence-corrected chi connectivity index (χ2v) is 31.4. The minimum absolute atomic E-state index is 0.0273. The molecule has 0 saturated carbocycles. The third-order valence-corrected chi connectivity index (χ3v) is 20.9. The normalized spacial score (nSPS) is 23.0. The lowest BCUT2D eigenvalue weighted by molar-refractivity contribution is -0.272. The van der Waals surface area contributed by atoms with Crippen LogP contribution in [0.5, 0.6) is 0 Å². The van der Waals surface area contributed by atoms with Gasteiger partial charge in [0.05, 0.1) is 145 Å². The molecule has 0 aromatic carbocycles. The second kappa shape index (κ2) is 72.5. The van der Waals surface area contributed by atoms with Crippen LogP contribution in [0.4, 0.5) is 0 Å². The fraction of sp³-hybridized carbons (Fsp3) is 0.881. The predicted octanol–water partition coefficient (Wildman–Crippen LogP) is -3.35. The molecule has 3 aliphatic rings. The van der Waals surface area contributed by atoms with Gasteiger partial charge in [-0.3, -0.25) is 47.9 Å². The van der Waals surface area contributed by atoms with E-state index in [0.29, 0.717) is 51.5 Å². The third kappa shape index (κ3) is 52.1. The first-order valence-corrected chi connectivity index (χ1v) is 45.2. The van der Waals surface area contributed by atoms with Crippen LogP contribution in [0, 0.1) is 5.92 Å². The van der Waals surface area contributed by atoms with E-state index < -0.39 is 189 Å². The number of Topliss-reactive ketones (excluding diaryl/α,β-unsaturated/α-hetero) is 1. The molecule has 3 aliphatic heterocycles. The Morgan fingerprint density at radius 3 is 0.976 bits per heavy atom. The van der Waals surface area contributed by atoms with E-state index in [2.05, 4.69) is 54.8 Å². The quantitative estimate of drug-likeness (QED) is 0.0265. The highest BCUT2D eigenvalue weighted by Gasteiger charge is 2.48. The van der Waals surface area contributed by atoms with Gasteiger partial charge < -0.3 is 165 Å². The van der Waals surface area contributed by atoms with Crippen LogP contribution in [0.25, 0.3) is 0 Å². The number of rotatable bonds is 78. The first-order chi connectivity index (χ1) is 61.3. The van der Waals surface area contributed by atoms with Crippen LogP contribution >= 0.6 is 0 Å². The molecule has 0 radical (unpaired) electrons. The smallest absolute Gasteiger partial charge is 0.246 e. The van der Waals surface area contributed by atoms with E-state index in [1.165, 1.54) is 85.6 Å². The Kier molecular flexibility index (Phi) is 65.7. The molecule has 3 rings (SSSR count). The number of likely N-dealkylation sites (N-methyl/N-ethyl adjacent to an activating group) is 1. The summed E-state index contributed by atoms with van der Waals surface area (Å²) in [5, 5.41) is 115. The maximum Gasteiger partial charge on any atom is 0.246 e. The Bertz CT molecular complexity index is 2970. The van der Waals surface area contributed by atoms with Crippen molar-refractivity contribution in [3.05, 3.63) is 0 Å². The van der Waals surface area contributed by atoms with Crippen molar-refractivity contribution in [2.24, 2.45) is 5.92 Å². The van der Waals surface area contributed by atoms with E-state index in [-0.39, 0.29) is 177 Å². The van der Waals surface area contributed by atoms with Gasteiger partial charge in [-0.15, -0.1) is 0 Å². The van der Waals surface area contributed by atoms with Crippen LogP contribution in [0.15, 0.2) is 0 Å². The summed E-state index contributed by atoms with van der Waals surface area (Å²) < 4.78 is 83.4. The zero-order chi connectivity index (χ0) is 93.2. The van der Waals surface area contributed by atoms with Gasteiger partial charge in [-0.05, 0) is 57.8 Å². The van der Waals surface area contributed by atoms with Crippen LogP contribution in [0.1, 0.15) is 182 Å². The fourth-order valence-electron chi connectivity index (χ4n) is 14.0. The monoisotopic (exact) mass is 1830 g/mol. The second-order valence-electron chi connectivity index (χ2n) is 31.4. The first kappa shape index (κ1) is 115. The summed E-state index contributed by atoms with van der Waals surface area (Å²) in [6.07, 6.45) is 2.41. The van der Waals surface area contributed by atoms with Crippen molar-refractivity contribution in [2.75, 3.05) is 185 Å².